The van der Waals surface area contributed by atoms with Gasteiger partial charge in [0.1, 0.15) is 0 Å². The van der Waals surface area contributed by atoms with Gasteiger partial charge in [-0.15, -0.1) is 0 Å². The highest BCUT2D eigenvalue weighted by Gasteiger charge is 2.60. The van der Waals surface area contributed by atoms with E-state index in [-0.39, 0.29) is 62.7 Å². The predicted molar refractivity (Wildman–Crippen MR) is 363 cm³/mol. The second-order valence-electron chi connectivity index (χ2n) is 37.5. The van der Waals surface area contributed by atoms with Crippen molar-refractivity contribution in [3.8, 4) is 0 Å². The van der Waals surface area contributed by atoms with Gasteiger partial charge in [-0.2, -0.15) is 0 Å². The van der Waals surface area contributed by atoms with Crippen LogP contribution in [-0.4, -0.2) is 44.7 Å². The van der Waals surface area contributed by atoms with E-state index in [9.17, 15) is 4.12 Å². The second kappa shape index (κ2) is 20.9. The van der Waals surface area contributed by atoms with Crippen LogP contribution in [0.1, 0.15) is 299 Å². The maximum absolute atomic E-state index is 9.31. The standard InChI is InChI=1S/C71H127OSi5/c1-59(2,3)50-40-51(60(4,5)6)44-56(43-50)71(57-45-52(61(7,8)9)41-53(46-57)62(10,11)12,58-47-54(63(13,14)15)42-55(48-58)64(16,17)18)49-73(72-75(37,65(19,20)21)66(22,23)24)74(76(38,67(25,26)27)68(28,29)30)77(39,69(31,32)33)70(34,35)36/h40-49H,1-39H3/q-1. The fourth-order valence-corrected chi connectivity index (χ4v) is 98.0. The summed E-state index contributed by atoms with van der Waals surface area (Å²) in [5, 5.41) is 0.259. The minimum Gasteiger partial charge on any atom is -0.628 e. The Morgan fingerprint density at radius 2 is 0.455 bits per heavy atom. The summed E-state index contributed by atoms with van der Waals surface area (Å²) >= 11 is 0. The number of rotatable bonds is 9. The van der Waals surface area contributed by atoms with Gasteiger partial charge in [0, 0.05) is 8.17 Å². The lowest BCUT2D eigenvalue weighted by Gasteiger charge is -2.75. The zero-order chi connectivity index (χ0) is 61.1. The molecular formula is C71H127OSi5-. The van der Waals surface area contributed by atoms with Crippen molar-refractivity contribution in [1.29, 1.82) is 0 Å². The van der Waals surface area contributed by atoms with E-state index in [1.165, 1.54) is 50.1 Å². The number of hydrogen-bond acceptors (Lipinski definition) is 1. The summed E-state index contributed by atoms with van der Waals surface area (Å²) in [6, 6.07) is 23.9. The van der Waals surface area contributed by atoms with Gasteiger partial charge >= 0.3 is 0 Å². The van der Waals surface area contributed by atoms with Crippen molar-refractivity contribution in [3.05, 3.63) is 105 Å². The topological polar surface area (TPSA) is 9.23 Å². The molecule has 438 valence electrons. The summed E-state index contributed by atoms with van der Waals surface area (Å²) in [4.78, 5) is 0. The van der Waals surface area contributed by atoms with E-state index in [4.69, 9.17) is 0 Å². The normalized spacial score (nSPS) is 15.5. The van der Waals surface area contributed by atoms with E-state index in [1.54, 1.807) is 0 Å². The summed E-state index contributed by atoms with van der Waals surface area (Å²) in [6.07, 6.45) is 0. The van der Waals surface area contributed by atoms with Crippen LogP contribution in [-0.2, 0) is 42.0 Å². The zero-order valence-corrected chi connectivity index (χ0v) is 63.7. The quantitative estimate of drug-likeness (QED) is 0.153. The van der Waals surface area contributed by atoms with Gasteiger partial charge in [0.2, 0.25) is 8.32 Å². The Morgan fingerprint density at radius 3 is 0.597 bits per heavy atom. The molecule has 0 saturated heterocycles. The Kier molecular flexibility index (Phi) is 18.9. The third-order valence-corrected chi connectivity index (χ3v) is 83.8. The van der Waals surface area contributed by atoms with Crippen LogP contribution in [0.5, 0.6) is 0 Å². The summed E-state index contributed by atoms with van der Waals surface area (Å²) in [5.74, 6) is 0. The summed E-state index contributed by atoms with van der Waals surface area (Å²) < 4.78 is 9.31. The molecule has 3 rings (SSSR count). The van der Waals surface area contributed by atoms with Crippen molar-refractivity contribution in [2.45, 2.75) is 337 Å². The van der Waals surface area contributed by atoms with Crippen LogP contribution in [0.3, 0.4) is 0 Å². The fraction of sp³-hybridized carbons (Fsp3) is 0.732. The van der Waals surface area contributed by atoms with Gasteiger partial charge in [0.25, 0.3) is 0 Å². The predicted octanol–water partition coefficient (Wildman–Crippen LogP) is 22.5. The molecule has 0 amide bonds. The molecule has 0 bridgehead atoms. The molecule has 77 heavy (non-hydrogen) atoms. The molecule has 0 aromatic heterocycles. The minimum atomic E-state index is -2.74. The second-order valence-corrected chi connectivity index (χ2v) is 72.1. The van der Waals surface area contributed by atoms with Gasteiger partial charge in [0.05, 0.1) is 5.41 Å². The lowest BCUT2D eigenvalue weighted by Crippen LogP contribution is -2.81. The molecule has 0 spiro atoms. The van der Waals surface area contributed by atoms with Crippen LogP contribution in [0.2, 0.25) is 49.9 Å². The molecule has 0 atom stereocenters. The van der Waals surface area contributed by atoms with E-state index in [1.807, 2.05) is 0 Å². The van der Waals surface area contributed by atoms with E-state index in [0.717, 1.165) is 0 Å². The van der Waals surface area contributed by atoms with Gasteiger partial charge in [0.15, 0.2) is 0 Å². The van der Waals surface area contributed by atoms with Gasteiger partial charge in [-0.05, 0) is 99.2 Å². The Bertz CT molecular complexity index is 2230. The van der Waals surface area contributed by atoms with Crippen LogP contribution in [0.25, 0.3) is 0 Å². The highest BCUT2D eigenvalue weighted by atomic mass is 29.9. The Morgan fingerprint density at radius 1 is 0.286 bits per heavy atom. The van der Waals surface area contributed by atoms with Crippen molar-refractivity contribution in [3.63, 3.8) is 0 Å². The lowest BCUT2D eigenvalue weighted by molar-refractivity contribution is 0.450. The van der Waals surface area contributed by atoms with E-state index >= 15 is 0 Å². The molecule has 0 aliphatic heterocycles. The first-order valence-corrected chi connectivity index (χ1v) is 43.6. The highest BCUT2D eigenvalue weighted by Crippen LogP contribution is 2.62. The number of hydrogen-bond donors (Lipinski definition) is 0. The molecule has 0 radical (unpaired) electrons. The Hall–Kier alpha value is -1.59. The summed E-state index contributed by atoms with van der Waals surface area (Å²) in [7, 11) is -11.2. The van der Waals surface area contributed by atoms with Gasteiger partial charge < -0.3 is 4.12 Å². The third-order valence-electron chi connectivity index (χ3n) is 20.1. The van der Waals surface area contributed by atoms with Crippen molar-refractivity contribution in [2.24, 2.45) is 0 Å². The minimum absolute atomic E-state index is 0.0455. The van der Waals surface area contributed by atoms with Crippen LogP contribution < -0.4 is 0 Å². The van der Waals surface area contributed by atoms with E-state index in [2.05, 4.69) is 329 Å². The van der Waals surface area contributed by atoms with Crippen LogP contribution in [0, 0.1) is 0 Å². The first-order valence-electron chi connectivity index (χ1n) is 30.2. The first kappa shape index (κ1) is 69.7. The maximum Gasteiger partial charge on any atom is 0.238 e. The van der Waals surface area contributed by atoms with Gasteiger partial charge in [-0.3, -0.25) is 0 Å². The average molecular weight is 1140 g/mol. The van der Waals surface area contributed by atoms with Crippen LogP contribution in [0.4, 0.5) is 0 Å². The largest absolute Gasteiger partial charge is 0.628 e. The monoisotopic (exact) mass is 1140 g/mol. The van der Waals surface area contributed by atoms with Crippen molar-refractivity contribution in [2.75, 3.05) is 0 Å². The average Bonchev–Trinajstić information content (AvgIpc) is 3.17. The third kappa shape index (κ3) is 13.8. The fourth-order valence-electron chi connectivity index (χ4n) is 12.7. The van der Waals surface area contributed by atoms with Gasteiger partial charge in [-0.1, -0.05) is 358 Å². The zero-order valence-electron chi connectivity index (χ0n) is 58.7. The molecule has 3 aromatic carbocycles. The van der Waals surface area contributed by atoms with Crippen molar-refractivity contribution in [1.82, 2.24) is 0 Å². The van der Waals surface area contributed by atoms with E-state index < -0.39 is 44.4 Å². The maximum atomic E-state index is 9.31. The summed E-state index contributed by atoms with van der Waals surface area (Å²) in [6.45, 7) is 99.9. The molecule has 0 N–H and O–H groups in total. The first-order chi connectivity index (χ1) is 33.4. The molecule has 0 fully saturated rings. The van der Waals surface area contributed by atoms with Crippen molar-refractivity contribution >= 4 is 44.7 Å². The van der Waals surface area contributed by atoms with Crippen LogP contribution >= 0.6 is 0 Å². The van der Waals surface area contributed by atoms with E-state index in [0.29, 0.717) is 0 Å². The number of benzene rings is 3. The van der Waals surface area contributed by atoms with Crippen LogP contribution in [0.15, 0.2) is 54.6 Å². The Labute approximate surface area is 487 Å². The molecule has 6 heteroatoms. The summed E-state index contributed by atoms with van der Waals surface area (Å²) in [5.41, 5.74) is 14.4. The molecule has 0 heterocycles. The molecule has 0 saturated carbocycles. The molecule has 0 aliphatic rings. The highest BCUT2D eigenvalue weighted by molar-refractivity contribution is 7.79. The van der Waals surface area contributed by atoms with Gasteiger partial charge in [-0.25, -0.2) is 7.35 Å². The molecular weight excluding hydrogens is 1010 g/mol. The molecule has 0 unspecified atom stereocenters. The Balaban J connectivity index is 3.54. The molecule has 0 aliphatic carbocycles. The smallest absolute Gasteiger partial charge is 0.238 e. The lowest BCUT2D eigenvalue weighted by atomic mass is 9.65. The molecule has 3 aromatic rings. The molecule has 1 nitrogen and oxygen atoms in total. The SMILES string of the molecule is CC(C)(C)c1cc(C(C)(C)C)cc(C(C=[Si](O[Si](C)(C(C)(C)C)C(C)(C)C)[Si-]([Si](C)(C(C)(C)C)C(C)(C)C)[Si](C)(C(C)(C)C)C(C)(C)C)(c2cc(C(C)(C)C)cc(C(C)(C)C)c2)c2cc(C(C)(C)C)cc(C(C)(C)C)c2)c1. The van der Waals surface area contributed by atoms with Crippen molar-refractivity contribution < 1.29 is 4.12 Å².